The maximum atomic E-state index is 5.19. The summed E-state index contributed by atoms with van der Waals surface area (Å²) >= 11 is 4.78. The van der Waals surface area contributed by atoms with Gasteiger partial charge in [0.25, 0.3) is 0 Å². The molecule has 0 aliphatic rings. The van der Waals surface area contributed by atoms with Gasteiger partial charge in [0, 0.05) is 18.3 Å². The van der Waals surface area contributed by atoms with Crippen molar-refractivity contribution in [3.05, 3.63) is 22.6 Å². The van der Waals surface area contributed by atoms with Gasteiger partial charge in [0.1, 0.15) is 5.75 Å². The zero-order valence-electron chi connectivity index (χ0n) is 7.29. The van der Waals surface area contributed by atoms with Gasteiger partial charge in [-0.1, -0.05) is 0 Å². The van der Waals surface area contributed by atoms with Gasteiger partial charge in [-0.05, 0) is 18.6 Å². The van der Waals surface area contributed by atoms with Gasteiger partial charge in [-0.2, -0.15) is 0 Å². The third kappa shape index (κ3) is 1.33. The Balaban J connectivity index is 2.83. The fourth-order valence-corrected chi connectivity index (χ4v) is 1.40. The van der Waals surface area contributed by atoms with Crippen molar-refractivity contribution in [2.24, 2.45) is 0 Å². The smallest absolute Gasteiger partial charge is 0.363 e. The van der Waals surface area contributed by atoms with E-state index in [0.717, 1.165) is 11.3 Å². The van der Waals surface area contributed by atoms with Crippen LogP contribution in [-0.2, 0) is 0 Å². The summed E-state index contributed by atoms with van der Waals surface area (Å²) in [7, 11) is 1.61. The summed E-state index contributed by atoms with van der Waals surface area (Å²) < 4.78 is 15.4. The molecule has 4 heteroatoms. The van der Waals surface area contributed by atoms with Gasteiger partial charge < -0.3 is 13.6 Å². The summed E-state index contributed by atoms with van der Waals surface area (Å²) in [6.07, 6.45) is 0. The average molecular weight is 196 g/mol. The lowest BCUT2D eigenvalue weighted by Crippen LogP contribution is -1.83. The summed E-state index contributed by atoms with van der Waals surface area (Å²) in [4.78, 5) is 0.145. The molecule has 0 unspecified atom stereocenters. The molecule has 0 saturated heterocycles. The fraction of sp³-hybridized carbons (Fsp3) is 0.222. The number of hydrogen-bond donors (Lipinski definition) is 0. The molecule has 0 bridgehead atoms. The highest BCUT2D eigenvalue weighted by atomic mass is 32.1. The summed E-state index contributed by atoms with van der Waals surface area (Å²) in [6.45, 7) is 1.92. The Morgan fingerprint density at radius 1 is 1.31 bits per heavy atom. The van der Waals surface area contributed by atoms with Gasteiger partial charge in [-0.25, -0.2) is 0 Å². The highest BCUT2D eigenvalue weighted by Gasteiger charge is 2.06. The van der Waals surface area contributed by atoms with Crippen LogP contribution in [0.3, 0.4) is 0 Å². The molecule has 0 amide bonds. The molecule has 0 N–H and O–H groups in total. The molecule has 3 nitrogen and oxygen atoms in total. The van der Waals surface area contributed by atoms with E-state index in [9.17, 15) is 0 Å². The zero-order chi connectivity index (χ0) is 9.42. The summed E-state index contributed by atoms with van der Waals surface area (Å²) in [6, 6.07) is 3.62. The first-order valence-corrected chi connectivity index (χ1v) is 4.20. The molecular weight excluding hydrogens is 188 g/mol. The van der Waals surface area contributed by atoms with Crippen molar-refractivity contribution in [3.63, 3.8) is 0 Å². The van der Waals surface area contributed by atoms with Crippen LogP contribution in [0.1, 0.15) is 5.56 Å². The normalized spacial score (nSPS) is 10.6. The van der Waals surface area contributed by atoms with Crippen LogP contribution in [0.15, 0.2) is 21.0 Å². The minimum absolute atomic E-state index is 0.145. The van der Waals surface area contributed by atoms with Crippen molar-refractivity contribution < 1.29 is 13.6 Å². The molecule has 0 radical (unpaired) electrons. The number of fused-ring (bicyclic) bond motifs is 1. The molecule has 0 atom stereocenters. The average Bonchev–Trinajstić information content (AvgIpc) is 2.46. The number of rotatable bonds is 1. The lowest BCUT2D eigenvalue weighted by molar-refractivity contribution is 0.414. The Kier molecular flexibility index (Phi) is 1.84. The van der Waals surface area contributed by atoms with Crippen LogP contribution < -0.4 is 4.74 Å². The van der Waals surface area contributed by atoms with Crippen molar-refractivity contribution in [1.82, 2.24) is 0 Å². The molecular formula is C9H8O3S. The van der Waals surface area contributed by atoms with Crippen molar-refractivity contribution in [2.45, 2.75) is 6.92 Å². The van der Waals surface area contributed by atoms with E-state index in [4.69, 9.17) is 25.8 Å². The second-order valence-electron chi connectivity index (χ2n) is 2.73. The first kappa shape index (κ1) is 8.31. The van der Waals surface area contributed by atoms with E-state index < -0.39 is 0 Å². The summed E-state index contributed by atoms with van der Waals surface area (Å²) in [5.41, 5.74) is 2.27. The molecule has 2 rings (SSSR count). The summed E-state index contributed by atoms with van der Waals surface area (Å²) in [5, 5.41) is 0. The van der Waals surface area contributed by atoms with Gasteiger partial charge in [0.2, 0.25) is 0 Å². The molecule has 1 heterocycles. The second kappa shape index (κ2) is 2.88. The van der Waals surface area contributed by atoms with E-state index in [2.05, 4.69) is 0 Å². The Hall–Kier alpha value is -1.29. The predicted octanol–water partition coefficient (Wildman–Crippen LogP) is 3.07. The van der Waals surface area contributed by atoms with Gasteiger partial charge in [-0.15, -0.1) is 0 Å². The van der Waals surface area contributed by atoms with Gasteiger partial charge >= 0.3 is 4.90 Å². The number of hydrogen-bond acceptors (Lipinski definition) is 4. The second-order valence-corrected chi connectivity index (χ2v) is 3.06. The Labute approximate surface area is 79.9 Å². The molecule has 68 valence electrons. The van der Waals surface area contributed by atoms with Gasteiger partial charge in [0.15, 0.2) is 11.2 Å². The van der Waals surface area contributed by atoms with E-state index in [-0.39, 0.29) is 4.90 Å². The van der Waals surface area contributed by atoms with Crippen LogP contribution in [0.4, 0.5) is 0 Å². The van der Waals surface area contributed by atoms with Gasteiger partial charge in [-0.3, -0.25) is 0 Å². The molecule has 2 aromatic rings. The van der Waals surface area contributed by atoms with Crippen LogP contribution >= 0.6 is 12.2 Å². The molecule has 0 saturated carbocycles. The standard InChI is InChI=1S/C9H8O3S/c1-5-3-6(10-2)4-7-8(5)12-9(13)11-7/h3-4H,1-2H3. The molecule has 1 aromatic heterocycles. The van der Waals surface area contributed by atoms with E-state index in [1.54, 1.807) is 13.2 Å². The SMILES string of the molecule is COc1cc(C)c2oc(=S)oc2c1. The zero-order valence-corrected chi connectivity index (χ0v) is 8.10. The van der Waals surface area contributed by atoms with E-state index in [1.165, 1.54) is 0 Å². The highest BCUT2D eigenvalue weighted by Crippen LogP contribution is 2.26. The number of benzene rings is 1. The lowest BCUT2D eigenvalue weighted by atomic mass is 10.2. The first-order chi connectivity index (χ1) is 6.20. The van der Waals surface area contributed by atoms with Gasteiger partial charge in [0.05, 0.1) is 7.11 Å². The Morgan fingerprint density at radius 2 is 2.08 bits per heavy atom. The largest absolute Gasteiger partial charge is 0.497 e. The van der Waals surface area contributed by atoms with Crippen molar-refractivity contribution in [2.75, 3.05) is 7.11 Å². The van der Waals surface area contributed by atoms with Crippen LogP contribution in [0, 0.1) is 11.8 Å². The van der Waals surface area contributed by atoms with Crippen LogP contribution in [-0.4, -0.2) is 7.11 Å². The third-order valence-electron chi connectivity index (χ3n) is 1.83. The Bertz CT molecular complexity index is 495. The molecule has 0 fully saturated rings. The maximum absolute atomic E-state index is 5.19. The van der Waals surface area contributed by atoms with E-state index in [1.807, 2.05) is 13.0 Å². The van der Waals surface area contributed by atoms with Crippen molar-refractivity contribution in [1.29, 1.82) is 0 Å². The fourth-order valence-electron chi connectivity index (χ4n) is 1.23. The molecule has 0 aliphatic carbocycles. The van der Waals surface area contributed by atoms with Crippen molar-refractivity contribution in [3.8, 4) is 5.75 Å². The third-order valence-corrected chi connectivity index (χ3v) is 2.00. The quantitative estimate of drug-likeness (QED) is 0.656. The lowest BCUT2D eigenvalue weighted by Gasteiger charge is -1.99. The minimum Gasteiger partial charge on any atom is -0.497 e. The molecule has 0 spiro atoms. The molecule has 13 heavy (non-hydrogen) atoms. The van der Waals surface area contributed by atoms with Crippen LogP contribution in [0.2, 0.25) is 0 Å². The summed E-state index contributed by atoms with van der Waals surface area (Å²) in [5.74, 6) is 0.740. The minimum atomic E-state index is 0.145. The number of methoxy groups -OCH3 is 1. The van der Waals surface area contributed by atoms with E-state index >= 15 is 0 Å². The van der Waals surface area contributed by atoms with Crippen LogP contribution in [0.5, 0.6) is 5.75 Å². The molecule has 0 aliphatic heterocycles. The maximum Gasteiger partial charge on any atom is 0.363 e. The van der Waals surface area contributed by atoms with Crippen LogP contribution in [0.25, 0.3) is 11.2 Å². The first-order valence-electron chi connectivity index (χ1n) is 3.79. The Morgan fingerprint density at radius 3 is 2.77 bits per heavy atom. The highest BCUT2D eigenvalue weighted by molar-refractivity contribution is 7.71. The number of aryl methyl sites for hydroxylation is 1. The molecule has 1 aromatic carbocycles. The number of ether oxygens (including phenoxy) is 1. The topological polar surface area (TPSA) is 35.5 Å². The predicted molar refractivity (Wildman–Crippen MR) is 50.6 cm³/mol. The van der Waals surface area contributed by atoms with Crippen molar-refractivity contribution >= 4 is 23.4 Å². The monoisotopic (exact) mass is 196 g/mol. The van der Waals surface area contributed by atoms with E-state index in [0.29, 0.717) is 11.2 Å².